The van der Waals surface area contributed by atoms with E-state index in [-0.39, 0.29) is 17.7 Å². The Morgan fingerprint density at radius 1 is 0.818 bits per heavy atom. The van der Waals surface area contributed by atoms with Crippen LogP contribution in [0.5, 0.6) is 17.2 Å². The van der Waals surface area contributed by atoms with Gasteiger partial charge in [-0.3, -0.25) is 9.59 Å². The van der Waals surface area contributed by atoms with E-state index in [1.165, 1.54) is 14.2 Å². The van der Waals surface area contributed by atoms with Crippen LogP contribution in [0.3, 0.4) is 0 Å². The number of rotatable bonds is 8. The van der Waals surface area contributed by atoms with Crippen LogP contribution >= 0.6 is 0 Å². The van der Waals surface area contributed by atoms with E-state index in [4.69, 9.17) is 14.2 Å². The molecule has 33 heavy (non-hydrogen) atoms. The summed E-state index contributed by atoms with van der Waals surface area (Å²) >= 11 is 0. The average molecular weight is 456 g/mol. The minimum atomic E-state index is -0.623. The molecule has 1 atom stereocenters. The van der Waals surface area contributed by atoms with Gasteiger partial charge in [0.15, 0.2) is 0 Å². The zero-order chi connectivity index (χ0) is 24.0. The molecule has 0 aliphatic carbocycles. The molecule has 0 radical (unpaired) electrons. The summed E-state index contributed by atoms with van der Waals surface area (Å²) in [7, 11) is 4.71. The number of nitrogens with one attached hydrogen (secondary N) is 1. The fourth-order valence-electron chi connectivity index (χ4n) is 3.85. The first-order valence-electron chi connectivity index (χ1n) is 11.1. The van der Waals surface area contributed by atoms with E-state index in [0.717, 1.165) is 24.5 Å². The molecule has 3 rings (SSSR count). The largest absolute Gasteiger partial charge is 0.497 e. The topological polar surface area (TPSA) is 80.3 Å². The Morgan fingerprint density at radius 2 is 1.36 bits per heavy atom. The lowest BCUT2D eigenvalue weighted by atomic mass is 10.0. The maximum Gasteiger partial charge on any atom is 0.252 e. The van der Waals surface area contributed by atoms with E-state index in [1.807, 2.05) is 43.0 Å². The van der Waals surface area contributed by atoms with Crippen molar-refractivity contribution in [1.29, 1.82) is 0 Å². The van der Waals surface area contributed by atoms with Crippen molar-refractivity contribution < 1.29 is 23.8 Å². The number of amides is 2. The Kier molecular flexibility index (Phi) is 8.03. The number of piperazine rings is 1. The van der Waals surface area contributed by atoms with E-state index in [1.54, 1.807) is 25.3 Å². The summed E-state index contributed by atoms with van der Waals surface area (Å²) in [5, 5.41) is 2.92. The molecule has 0 saturated carbocycles. The Balaban J connectivity index is 1.65. The molecule has 178 valence electrons. The lowest BCUT2D eigenvalue weighted by Gasteiger charge is -2.38. The third-order valence-corrected chi connectivity index (χ3v) is 5.86. The predicted molar refractivity (Wildman–Crippen MR) is 127 cm³/mol. The van der Waals surface area contributed by atoms with Gasteiger partial charge in [0.25, 0.3) is 5.91 Å². The third kappa shape index (κ3) is 5.88. The van der Waals surface area contributed by atoms with Crippen LogP contribution in [0.2, 0.25) is 0 Å². The molecule has 0 aromatic heterocycles. The molecule has 2 aromatic rings. The van der Waals surface area contributed by atoms with E-state index in [9.17, 15) is 9.59 Å². The molecule has 0 bridgehead atoms. The lowest BCUT2D eigenvalue weighted by molar-refractivity contribution is -0.134. The van der Waals surface area contributed by atoms with Crippen LogP contribution < -0.4 is 24.4 Å². The number of hydrogen-bond donors (Lipinski definition) is 1. The van der Waals surface area contributed by atoms with Crippen LogP contribution in [0.25, 0.3) is 0 Å². The monoisotopic (exact) mass is 455 g/mol. The number of benzene rings is 2. The summed E-state index contributed by atoms with van der Waals surface area (Å²) in [6, 6.07) is 12.3. The minimum Gasteiger partial charge on any atom is -0.497 e. The van der Waals surface area contributed by atoms with Crippen molar-refractivity contribution in [3.8, 4) is 17.2 Å². The maximum atomic E-state index is 13.3. The standard InChI is InChI=1S/C25H33N3O5/c1-17(2)23(26-24(29)18-14-21(32-4)16-22(15-18)33-5)25(30)28-12-10-27(11-13-28)19-6-8-20(31-3)9-7-19/h6-9,14-17,23H,10-13H2,1-5H3,(H,26,29). The van der Waals surface area contributed by atoms with Gasteiger partial charge in [-0.15, -0.1) is 0 Å². The summed E-state index contributed by atoms with van der Waals surface area (Å²) in [6.45, 7) is 6.51. The summed E-state index contributed by atoms with van der Waals surface area (Å²) in [4.78, 5) is 30.3. The van der Waals surface area contributed by atoms with E-state index < -0.39 is 6.04 Å². The molecule has 2 aromatic carbocycles. The van der Waals surface area contributed by atoms with Crippen molar-refractivity contribution >= 4 is 17.5 Å². The SMILES string of the molecule is COc1ccc(N2CCN(C(=O)C(NC(=O)c3cc(OC)cc(OC)c3)C(C)C)CC2)cc1. The van der Waals surface area contributed by atoms with E-state index in [0.29, 0.717) is 30.2 Å². The zero-order valence-corrected chi connectivity index (χ0v) is 20.0. The van der Waals surface area contributed by atoms with Crippen LogP contribution in [-0.4, -0.2) is 70.3 Å². The van der Waals surface area contributed by atoms with Gasteiger partial charge in [-0.05, 0) is 42.3 Å². The highest BCUT2D eigenvalue weighted by Gasteiger charge is 2.31. The molecule has 1 aliphatic heterocycles. The highest BCUT2D eigenvalue weighted by atomic mass is 16.5. The van der Waals surface area contributed by atoms with E-state index >= 15 is 0 Å². The fourth-order valence-corrected chi connectivity index (χ4v) is 3.85. The van der Waals surface area contributed by atoms with Crippen molar-refractivity contribution in [3.05, 3.63) is 48.0 Å². The van der Waals surface area contributed by atoms with Crippen molar-refractivity contribution in [3.63, 3.8) is 0 Å². The van der Waals surface area contributed by atoms with Gasteiger partial charge in [-0.2, -0.15) is 0 Å². The zero-order valence-electron chi connectivity index (χ0n) is 20.0. The lowest BCUT2D eigenvalue weighted by Crippen LogP contribution is -2.56. The quantitative estimate of drug-likeness (QED) is 0.659. The first kappa shape index (κ1) is 24.2. The fraction of sp³-hybridized carbons (Fsp3) is 0.440. The first-order chi connectivity index (χ1) is 15.9. The van der Waals surface area contributed by atoms with Crippen LogP contribution in [0.4, 0.5) is 5.69 Å². The predicted octanol–water partition coefficient (Wildman–Crippen LogP) is 2.82. The number of nitrogens with zero attached hydrogens (tertiary/aromatic N) is 2. The van der Waals surface area contributed by atoms with Gasteiger partial charge in [-0.1, -0.05) is 13.8 Å². The van der Waals surface area contributed by atoms with Gasteiger partial charge < -0.3 is 29.3 Å². The van der Waals surface area contributed by atoms with Gasteiger partial charge in [0.05, 0.1) is 21.3 Å². The second-order valence-electron chi connectivity index (χ2n) is 8.31. The van der Waals surface area contributed by atoms with Crippen LogP contribution in [0, 0.1) is 5.92 Å². The molecule has 1 aliphatic rings. The summed E-state index contributed by atoms with van der Waals surface area (Å²) in [6.07, 6.45) is 0. The average Bonchev–Trinajstić information content (AvgIpc) is 2.86. The van der Waals surface area contributed by atoms with Crippen LogP contribution in [-0.2, 0) is 4.79 Å². The molecule has 2 amide bonds. The van der Waals surface area contributed by atoms with Crippen molar-refractivity contribution in [2.45, 2.75) is 19.9 Å². The Bertz CT molecular complexity index is 931. The smallest absolute Gasteiger partial charge is 0.252 e. The van der Waals surface area contributed by atoms with Gasteiger partial charge in [-0.25, -0.2) is 0 Å². The number of anilines is 1. The molecular formula is C25H33N3O5. The molecule has 8 heteroatoms. The van der Waals surface area contributed by atoms with Crippen LogP contribution in [0.1, 0.15) is 24.2 Å². The third-order valence-electron chi connectivity index (χ3n) is 5.86. The van der Waals surface area contributed by atoms with Crippen molar-refractivity contribution in [1.82, 2.24) is 10.2 Å². The summed E-state index contributed by atoms with van der Waals surface area (Å²) in [5.41, 5.74) is 1.48. The summed E-state index contributed by atoms with van der Waals surface area (Å²) < 4.78 is 15.7. The molecule has 0 spiro atoms. The molecule has 8 nitrogen and oxygen atoms in total. The molecular weight excluding hydrogens is 422 g/mol. The first-order valence-corrected chi connectivity index (χ1v) is 11.1. The Morgan fingerprint density at radius 3 is 1.85 bits per heavy atom. The van der Waals surface area contributed by atoms with Gasteiger partial charge in [0.2, 0.25) is 5.91 Å². The number of carbonyl (C=O) groups is 2. The molecule has 1 fully saturated rings. The summed E-state index contributed by atoms with van der Waals surface area (Å²) in [5.74, 6) is 1.38. The van der Waals surface area contributed by atoms with Crippen molar-refractivity contribution in [2.75, 3.05) is 52.4 Å². The Hall–Kier alpha value is -3.42. The number of carbonyl (C=O) groups excluding carboxylic acids is 2. The van der Waals surface area contributed by atoms with Gasteiger partial charge >= 0.3 is 0 Å². The number of methoxy groups -OCH3 is 3. The molecule has 1 heterocycles. The highest BCUT2D eigenvalue weighted by molar-refractivity contribution is 5.98. The normalized spacial score (nSPS) is 14.6. The number of hydrogen-bond acceptors (Lipinski definition) is 6. The van der Waals surface area contributed by atoms with Crippen LogP contribution in [0.15, 0.2) is 42.5 Å². The molecule has 1 unspecified atom stereocenters. The second-order valence-corrected chi connectivity index (χ2v) is 8.31. The number of ether oxygens (including phenoxy) is 3. The molecule has 1 N–H and O–H groups in total. The van der Waals surface area contributed by atoms with Gasteiger partial charge in [0.1, 0.15) is 23.3 Å². The van der Waals surface area contributed by atoms with Crippen molar-refractivity contribution in [2.24, 2.45) is 5.92 Å². The Labute approximate surface area is 195 Å². The maximum absolute atomic E-state index is 13.3. The molecule has 1 saturated heterocycles. The second kappa shape index (κ2) is 10.9. The van der Waals surface area contributed by atoms with E-state index in [2.05, 4.69) is 10.2 Å². The minimum absolute atomic E-state index is 0.0615. The van der Waals surface area contributed by atoms with Gasteiger partial charge in [0, 0.05) is 43.5 Å². The highest BCUT2D eigenvalue weighted by Crippen LogP contribution is 2.23.